The summed E-state index contributed by atoms with van der Waals surface area (Å²) in [4.78, 5) is 16.8. The van der Waals surface area contributed by atoms with Gasteiger partial charge < -0.3 is 5.11 Å². The van der Waals surface area contributed by atoms with E-state index in [4.69, 9.17) is 5.11 Å². The van der Waals surface area contributed by atoms with Crippen molar-refractivity contribution in [1.29, 1.82) is 0 Å². The summed E-state index contributed by atoms with van der Waals surface area (Å²) in [5, 5.41) is 8.79. The molecule has 0 aliphatic rings. The van der Waals surface area contributed by atoms with Gasteiger partial charge in [-0.2, -0.15) is 4.37 Å². The van der Waals surface area contributed by atoms with Crippen LogP contribution in [0.5, 0.6) is 0 Å². The van der Waals surface area contributed by atoms with Gasteiger partial charge in [0.15, 0.2) is 5.82 Å². The lowest BCUT2D eigenvalue weighted by atomic mass is 10.2. The van der Waals surface area contributed by atoms with E-state index in [1.807, 2.05) is 0 Å². The monoisotopic (exact) mass is 243 g/mol. The fraction of sp³-hybridized carbons (Fsp3) is 0.700. The molecule has 1 aromatic rings. The predicted octanol–water partition coefficient (Wildman–Crippen LogP) is 1.71. The van der Waals surface area contributed by atoms with Crippen molar-refractivity contribution in [2.24, 2.45) is 5.92 Å². The van der Waals surface area contributed by atoms with Crippen LogP contribution in [0.3, 0.4) is 0 Å². The summed E-state index contributed by atoms with van der Waals surface area (Å²) in [6, 6.07) is 0. The summed E-state index contributed by atoms with van der Waals surface area (Å²) in [5.41, 5.74) is 0. The van der Waals surface area contributed by atoms with Crippen molar-refractivity contribution < 1.29 is 9.90 Å². The van der Waals surface area contributed by atoms with Gasteiger partial charge in [-0.15, -0.1) is 0 Å². The van der Waals surface area contributed by atoms with Crippen LogP contribution in [-0.4, -0.2) is 38.4 Å². The summed E-state index contributed by atoms with van der Waals surface area (Å²) in [5.74, 6) is 0.179. The molecule has 0 atom stereocenters. The summed E-state index contributed by atoms with van der Waals surface area (Å²) in [7, 11) is 0. The summed E-state index contributed by atoms with van der Waals surface area (Å²) in [6.07, 6.45) is 0. The highest BCUT2D eigenvalue weighted by atomic mass is 32.1. The number of nitrogens with zero attached hydrogens (tertiary/aromatic N) is 3. The van der Waals surface area contributed by atoms with Gasteiger partial charge >= 0.3 is 5.97 Å². The SMILES string of the molecule is CCN(Cc1nsc(C(=O)O)n1)CC(C)C. The fourth-order valence-corrected chi connectivity index (χ4v) is 1.94. The largest absolute Gasteiger partial charge is 0.476 e. The first-order valence-electron chi connectivity index (χ1n) is 5.31. The Kier molecular flexibility index (Phi) is 4.82. The van der Waals surface area contributed by atoms with Gasteiger partial charge in [0, 0.05) is 6.54 Å². The van der Waals surface area contributed by atoms with Crippen molar-refractivity contribution in [2.45, 2.75) is 27.3 Å². The van der Waals surface area contributed by atoms with Gasteiger partial charge in [-0.25, -0.2) is 9.78 Å². The van der Waals surface area contributed by atoms with Crippen LogP contribution in [0.4, 0.5) is 0 Å². The molecule has 1 heterocycles. The zero-order chi connectivity index (χ0) is 12.1. The summed E-state index contributed by atoms with van der Waals surface area (Å²) < 4.78 is 4.04. The zero-order valence-corrected chi connectivity index (χ0v) is 10.6. The Balaban J connectivity index is 2.59. The first-order valence-corrected chi connectivity index (χ1v) is 6.08. The molecular weight excluding hydrogens is 226 g/mol. The first kappa shape index (κ1) is 13.1. The van der Waals surface area contributed by atoms with E-state index in [0.29, 0.717) is 18.3 Å². The summed E-state index contributed by atoms with van der Waals surface area (Å²) in [6.45, 7) is 8.89. The Bertz CT molecular complexity index is 352. The van der Waals surface area contributed by atoms with Gasteiger partial charge in [0.25, 0.3) is 0 Å². The molecule has 16 heavy (non-hydrogen) atoms. The van der Waals surface area contributed by atoms with Gasteiger partial charge in [-0.3, -0.25) is 4.90 Å². The van der Waals surface area contributed by atoms with E-state index in [2.05, 4.69) is 35.0 Å². The Morgan fingerprint density at radius 1 is 1.56 bits per heavy atom. The smallest absolute Gasteiger partial charge is 0.366 e. The lowest BCUT2D eigenvalue weighted by Gasteiger charge is -2.20. The number of carboxylic acid groups (broad SMARTS) is 1. The number of rotatable bonds is 6. The first-order chi connectivity index (χ1) is 7.52. The molecule has 0 saturated heterocycles. The topological polar surface area (TPSA) is 66.3 Å². The molecule has 0 amide bonds. The molecule has 1 N–H and O–H groups in total. The van der Waals surface area contributed by atoms with Crippen LogP contribution in [0.15, 0.2) is 0 Å². The quantitative estimate of drug-likeness (QED) is 0.824. The number of carbonyl (C=O) groups is 1. The normalized spacial score (nSPS) is 11.3. The number of aromatic carboxylic acids is 1. The number of aromatic nitrogens is 2. The zero-order valence-electron chi connectivity index (χ0n) is 9.80. The fourth-order valence-electron chi connectivity index (χ4n) is 1.43. The maximum absolute atomic E-state index is 10.6. The second-order valence-corrected chi connectivity index (χ2v) is 4.79. The minimum atomic E-state index is -1.00. The molecule has 0 aromatic carbocycles. The minimum absolute atomic E-state index is 0.0654. The molecule has 0 saturated carbocycles. The molecule has 0 spiro atoms. The Morgan fingerprint density at radius 2 is 2.25 bits per heavy atom. The second kappa shape index (κ2) is 5.91. The summed E-state index contributed by atoms with van der Waals surface area (Å²) >= 11 is 0.942. The van der Waals surface area contributed by atoms with E-state index in [0.717, 1.165) is 24.6 Å². The highest BCUT2D eigenvalue weighted by Gasteiger charge is 2.13. The molecule has 0 bridgehead atoms. The van der Waals surface area contributed by atoms with E-state index >= 15 is 0 Å². The van der Waals surface area contributed by atoms with Gasteiger partial charge in [0.1, 0.15) is 0 Å². The molecule has 0 aliphatic heterocycles. The average molecular weight is 243 g/mol. The van der Waals surface area contributed by atoms with E-state index < -0.39 is 5.97 Å². The average Bonchev–Trinajstić information content (AvgIpc) is 2.64. The molecule has 1 aromatic heterocycles. The third-order valence-corrected chi connectivity index (χ3v) is 2.83. The lowest BCUT2D eigenvalue weighted by molar-refractivity contribution is 0.0696. The standard InChI is InChI=1S/C10H17N3O2S/c1-4-13(5-7(2)3)6-8-11-9(10(14)15)16-12-8/h7H,4-6H2,1-3H3,(H,14,15). The third kappa shape index (κ3) is 3.86. The minimum Gasteiger partial charge on any atom is -0.476 e. The van der Waals surface area contributed by atoms with Crippen molar-refractivity contribution in [1.82, 2.24) is 14.3 Å². The van der Waals surface area contributed by atoms with Gasteiger partial charge in [0.05, 0.1) is 6.54 Å². The van der Waals surface area contributed by atoms with Gasteiger partial charge in [-0.05, 0) is 24.0 Å². The molecule has 0 unspecified atom stereocenters. The van der Waals surface area contributed by atoms with E-state index in [-0.39, 0.29) is 5.01 Å². The Labute approximate surface area is 99.3 Å². The van der Waals surface area contributed by atoms with Crippen LogP contribution in [0.2, 0.25) is 0 Å². The van der Waals surface area contributed by atoms with Crippen LogP contribution in [0, 0.1) is 5.92 Å². The van der Waals surface area contributed by atoms with Crippen LogP contribution >= 0.6 is 11.5 Å². The highest BCUT2D eigenvalue weighted by molar-refractivity contribution is 7.07. The van der Waals surface area contributed by atoms with Gasteiger partial charge in [0.2, 0.25) is 5.01 Å². The molecule has 1 rings (SSSR count). The third-order valence-electron chi connectivity index (χ3n) is 2.09. The predicted molar refractivity (Wildman–Crippen MR) is 62.7 cm³/mol. The van der Waals surface area contributed by atoms with Crippen molar-refractivity contribution >= 4 is 17.5 Å². The number of carboxylic acids is 1. The van der Waals surface area contributed by atoms with Crippen molar-refractivity contribution in [3.63, 3.8) is 0 Å². The van der Waals surface area contributed by atoms with E-state index in [9.17, 15) is 4.79 Å². The molecule has 0 radical (unpaired) electrons. The van der Waals surface area contributed by atoms with E-state index in [1.165, 1.54) is 0 Å². The Hall–Kier alpha value is -1.01. The Morgan fingerprint density at radius 3 is 2.69 bits per heavy atom. The molecule has 0 aliphatic carbocycles. The second-order valence-electron chi connectivity index (χ2n) is 4.04. The van der Waals surface area contributed by atoms with Crippen LogP contribution in [-0.2, 0) is 6.54 Å². The number of hydrogen-bond donors (Lipinski definition) is 1. The molecular formula is C10H17N3O2S. The molecule has 6 heteroatoms. The van der Waals surface area contributed by atoms with Gasteiger partial charge in [-0.1, -0.05) is 20.8 Å². The van der Waals surface area contributed by atoms with Crippen LogP contribution in [0.1, 0.15) is 36.4 Å². The van der Waals surface area contributed by atoms with E-state index in [1.54, 1.807) is 0 Å². The van der Waals surface area contributed by atoms with Crippen LogP contribution < -0.4 is 0 Å². The molecule has 0 fully saturated rings. The van der Waals surface area contributed by atoms with Crippen molar-refractivity contribution in [2.75, 3.05) is 13.1 Å². The maximum atomic E-state index is 10.6. The number of hydrogen-bond acceptors (Lipinski definition) is 5. The molecule has 5 nitrogen and oxygen atoms in total. The maximum Gasteiger partial charge on any atom is 0.366 e. The van der Waals surface area contributed by atoms with Crippen molar-refractivity contribution in [3.05, 3.63) is 10.8 Å². The van der Waals surface area contributed by atoms with Crippen LogP contribution in [0.25, 0.3) is 0 Å². The molecule has 90 valence electrons. The lowest BCUT2D eigenvalue weighted by Crippen LogP contribution is -2.27. The van der Waals surface area contributed by atoms with Crippen molar-refractivity contribution in [3.8, 4) is 0 Å². The highest BCUT2D eigenvalue weighted by Crippen LogP contribution is 2.08.